The van der Waals surface area contributed by atoms with Gasteiger partial charge in [0.25, 0.3) is 0 Å². The minimum absolute atomic E-state index is 0.189. The zero-order chi connectivity index (χ0) is 12.6. The lowest BCUT2D eigenvalue weighted by molar-refractivity contribution is -0.146. The fraction of sp³-hybridized carbons (Fsp3) is 0.846. The van der Waals surface area contributed by atoms with E-state index < -0.39 is 5.97 Å². The number of nitrogens with zero attached hydrogens (tertiary/aromatic N) is 1. The fourth-order valence-corrected chi connectivity index (χ4v) is 2.75. The Balaban J connectivity index is 1.86. The van der Waals surface area contributed by atoms with Crippen molar-refractivity contribution in [3.05, 3.63) is 0 Å². The number of rotatable bonds is 3. The lowest BCUT2D eigenvalue weighted by atomic mass is 9.96. The summed E-state index contributed by atoms with van der Waals surface area (Å²) >= 11 is 0. The molecule has 1 amide bonds. The van der Waals surface area contributed by atoms with Gasteiger partial charge in [0, 0.05) is 19.0 Å². The highest BCUT2D eigenvalue weighted by Gasteiger charge is 2.54. The first-order valence-electron chi connectivity index (χ1n) is 6.49. The molecule has 0 bridgehead atoms. The van der Waals surface area contributed by atoms with Crippen molar-refractivity contribution >= 4 is 11.9 Å². The van der Waals surface area contributed by atoms with E-state index in [2.05, 4.69) is 13.8 Å². The van der Waals surface area contributed by atoms with Gasteiger partial charge in [0.15, 0.2) is 0 Å². The second kappa shape index (κ2) is 4.31. The molecule has 1 aliphatic carbocycles. The topological polar surface area (TPSA) is 57.6 Å². The number of carbonyl (C=O) groups is 2. The Bertz CT molecular complexity index is 334. The smallest absolute Gasteiger partial charge is 0.306 e. The number of hydrogen-bond acceptors (Lipinski definition) is 2. The van der Waals surface area contributed by atoms with Crippen LogP contribution in [0.5, 0.6) is 0 Å². The average Bonchev–Trinajstić information content (AvgIpc) is 3.02. The summed E-state index contributed by atoms with van der Waals surface area (Å²) in [5.74, 6) is -0.537. The molecule has 4 heteroatoms. The third-order valence-electron chi connectivity index (χ3n) is 4.61. The number of carbonyl (C=O) groups excluding carboxylic acids is 1. The largest absolute Gasteiger partial charge is 0.481 e. The van der Waals surface area contributed by atoms with E-state index in [0.29, 0.717) is 25.9 Å². The maximum atomic E-state index is 12.2. The van der Waals surface area contributed by atoms with Gasteiger partial charge in [-0.05, 0) is 31.1 Å². The van der Waals surface area contributed by atoms with Crippen molar-refractivity contribution in [2.75, 3.05) is 13.1 Å². The number of carboxylic acid groups (broad SMARTS) is 1. The van der Waals surface area contributed by atoms with Gasteiger partial charge in [0.2, 0.25) is 5.91 Å². The molecule has 0 aromatic carbocycles. The summed E-state index contributed by atoms with van der Waals surface area (Å²) in [5, 5.41) is 8.90. The highest BCUT2D eigenvalue weighted by molar-refractivity contribution is 5.83. The summed E-state index contributed by atoms with van der Waals surface area (Å²) in [6, 6.07) is 0. The quantitative estimate of drug-likeness (QED) is 0.816. The van der Waals surface area contributed by atoms with E-state index in [-0.39, 0.29) is 23.2 Å². The van der Waals surface area contributed by atoms with Crippen LogP contribution in [0.3, 0.4) is 0 Å². The summed E-state index contributed by atoms with van der Waals surface area (Å²) in [4.78, 5) is 24.9. The van der Waals surface area contributed by atoms with Crippen LogP contribution < -0.4 is 0 Å². The van der Waals surface area contributed by atoms with E-state index in [1.165, 1.54) is 0 Å². The van der Waals surface area contributed by atoms with Gasteiger partial charge in [-0.2, -0.15) is 0 Å². The van der Waals surface area contributed by atoms with Crippen LogP contribution >= 0.6 is 0 Å². The van der Waals surface area contributed by atoms with E-state index in [1.54, 1.807) is 0 Å². The molecule has 4 nitrogen and oxygen atoms in total. The predicted molar refractivity (Wildman–Crippen MR) is 63.4 cm³/mol. The number of amides is 1. The molecule has 1 saturated heterocycles. The summed E-state index contributed by atoms with van der Waals surface area (Å²) in [6.45, 7) is 5.53. The zero-order valence-electron chi connectivity index (χ0n) is 10.6. The lowest BCUT2D eigenvalue weighted by Crippen LogP contribution is -2.41. The molecule has 96 valence electrons. The fourth-order valence-electron chi connectivity index (χ4n) is 2.75. The van der Waals surface area contributed by atoms with Crippen molar-refractivity contribution in [1.29, 1.82) is 0 Å². The standard InChI is InChI=1S/C13H21NO3/c1-3-13(2)8-10(13)11(15)14-6-4-9(5-7-14)12(16)17/h9-10H,3-8H2,1-2H3,(H,16,17). The van der Waals surface area contributed by atoms with E-state index in [4.69, 9.17) is 5.11 Å². The van der Waals surface area contributed by atoms with Crippen LogP contribution in [-0.4, -0.2) is 35.0 Å². The van der Waals surface area contributed by atoms with Crippen molar-refractivity contribution in [3.63, 3.8) is 0 Å². The van der Waals surface area contributed by atoms with Crippen molar-refractivity contribution in [1.82, 2.24) is 4.90 Å². The van der Waals surface area contributed by atoms with Crippen LogP contribution in [0.2, 0.25) is 0 Å². The normalized spacial score (nSPS) is 33.5. The number of carboxylic acids is 1. The first-order chi connectivity index (χ1) is 7.98. The van der Waals surface area contributed by atoms with Gasteiger partial charge in [-0.3, -0.25) is 9.59 Å². The summed E-state index contributed by atoms with van der Waals surface area (Å²) in [5.41, 5.74) is 0.209. The highest BCUT2D eigenvalue weighted by Crippen LogP contribution is 2.55. The molecule has 2 atom stereocenters. The Morgan fingerprint density at radius 2 is 1.94 bits per heavy atom. The Morgan fingerprint density at radius 1 is 1.35 bits per heavy atom. The minimum atomic E-state index is -0.720. The summed E-state index contributed by atoms with van der Waals surface area (Å²) < 4.78 is 0. The van der Waals surface area contributed by atoms with Gasteiger partial charge in [0.1, 0.15) is 0 Å². The molecule has 2 unspecified atom stereocenters. The molecule has 0 radical (unpaired) electrons. The SMILES string of the molecule is CCC1(C)CC1C(=O)N1CCC(C(=O)O)CC1. The van der Waals surface area contributed by atoms with Crippen LogP contribution in [0.1, 0.15) is 39.5 Å². The minimum Gasteiger partial charge on any atom is -0.481 e. The Morgan fingerprint density at radius 3 is 2.35 bits per heavy atom. The van der Waals surface area contributed by atoms with Gasteiger partial charge in [0.05, 0.1) is 5.92 Å². The average molecular weight is 239 g/mol. The zero-order valence-corrected chi connectivity index (χ0v) is 10.6. The van der Waals surface area contributed by atoms with E-state index in [1.807, 2.05) is 4.90 Å². The van der Waals surface area contributed by atoms with E-state index in [0.717, 1.165) is 12.8 Å². The summed E-state index contributed by atoms with van der Waals surface area (Å²) in [6.07, 6.45) is 3.27. The highest BCUT2D eigenvalue weighted by atomic mass is 16.4. The molecular weight excluding hydrogens is 218 g/mol. The summed E-state index contributed by atoms with van der Waals surface area (Å²) in [7, 11) is 0. The van der Waals surface area contributed by atoms with Gasteiger partial charge in [-0.15, -0.1) is 0 Å². The first kappa shape index (κ1) is 12.4. The lowest BCUT2D eigenvalue weighted by Gasteiger charge is -2.30. The molecule has 1 heterocycles. The maximum absolute atomic E-state index is 12.2. The van der Waals surface area contributed by atoms with E-state index in [9.17, 15) is 9.59 Å². The Kier molecular flexibility index (Phi) is 3.15. The molecule has 0 aromatic heterocycles. The third-order valence-corrected chi connectivity index (χ3v) is 4.61. The molecule has 1 saturated carbocycles. The monoisotopic (exact) mass is 239 g/mol. The molecule has 2 fully saturated rings. The van der Waals surface area contributed by atoms with Gasteiger partial charge in [-0.1, -0.05) is 13.8 Å². The van der Waals surface area contributed by atoms with Crippen molar-refractivity contribution in [2.45, 2.75) is 39.5 Å². The number of likely N-dealkylation sites (tertiary alicyclic amines) is 1. The molecule has 0 spiro atoms. The van der Waals surface area contributed by atoms with Crippen molar-refractivity contribution in [3.8, 4) is 0 Å². The van der Waals surface area contributed by atoms with Crippen molar-refractivity contribution in [2.24, 2.45) is 17.3 Å². The second-order valence-electron chi connectivity index (χ2n) is 5.70. The molecular formula is C13H21NO3. The number of piperidine rings is 1. The number of hydrogen-bond donors (Lipinski definition) is 1. The number of aliphatic carboxylic acids is 1. The molecule has 2 aliphatic rings. The Hall–Kier alpha value is -1.06. The van der Waals surface area contributed by atoms with Crippen molar-refractivity contribution < 1.29 is 14.7 Å². The van der Waals surface area contributed by atoms with Gasteiger partial charge >= 0.3 is 5.97 Å². The molecule has 1 aliphatic heterocycles. The van der Waals surface area contributed by atoms with Crippen LogP contribution in [0, 0.1) is 17.3 Å². The molecule has 0 aromatic rings. The third kappa shape index (κ3) is 2.31. The van der Waals surface area contributed by atoms with E-state index >= 15 is 0 Å². The van der Waals surface area contributed by atoms with Crippen LogP contribution in [0.4, 0.5) is 0 Å². The predicted octanol–water partition coefficient (Wildman–Crippen LogP) is 1.75. The van der Waals surface area contributed by atoms with Crippen LogP contribution in [0.15, 0.2) is 0 Å². The maximum Gasteiger partial charge on any atom is 0.306 e. The Labute approximate surface area is 102 Å². The molecule has 2 rings (SSSR count). The van der Waals surface area contributed by atoms with Crippen LogP contribution in [0.25, 0.3) is 0 Å². The first-order valence-corrected chi connectivity index (χ1v) is 6.49. The van der Waals surface area contributed by atoms with Crippen LogP contribution in [-0.2, 0) is 9.59 Å². The van der Waals surface area contributed by atoms with Gasteiger partial charge < -0.3 is 10.0 Å². The molecule has 1 N–H and O–H groups in total. The molecule has 17 heavy (non-hydrogen) atoms. The van der Waals surface area contributed by atoms with Gasteiger partial charge in [-0.25, -0.2) is 0 Å². The second-order valence-corrected chi connectivity index (χ2v) is 5.70.